The number of nitrogens with one attached hydrogen (secondary N) is 1. The van der Waals surface area contributed by atoms with E-state index in [0.717, 1.165) is 11.4 Å². The molecule has 1 N–H and O–H groups in total. The first-order valence-corrected chi connectivity index (χ1v) is 9.40. The Morgan fingerprint density at radius 3 is 2.61 bits per heavy atom. The number of imidazole rings is 1. The molecule has 2 heterocycles. The topological polar surface area (TPSA) is 89.6 Å². The third kappa shape index (κ3) is 4.52. The van der Waals surface area contributed by atoms with Crippen LogP contribution in [0.15, 0.2) is 6.33 Å². The van der Waals surface area contributed by atoms with Gasteiger partial charge in [-0.1, -0.05) is 0 Å². The van der Waals surface area contributed by atoms with Gasteiger partial charge in [0.15, 0.2) is 0 Å². The maximum Gasteiger partial charge on any atom is 0.227 e. The Bertz CT molecular complexity index is 655. The summed E-state index contributed by atoms with van der Waals surface area (Å²) in [5.41, 5.74) is 1.92. The normalized spacial score (nSPS) is 21.1. The number of sulfonamides is 1. The number of amides is 1. The van der Waals surface area contributed by atoms with Gasteiger partial charge in [-0.15, -0.1) is 0 Å². The predicted octanol–water partition coefficient (Wildman–Crippen LogP) is -0.500. The average Bonchev–Trinajstić information content (AvgIpc) is 2.73. The standard InChI is InChI=1S/C14H25N5O3S/c1-11-13(16-10-15-11)9-18-5-6-19(23(4,21)22)8-12(7-18)14(20)17(2)3/h10,12H,5-9H2,1-4H3,(H,15,16). The summed E-state index contributed by atoms with van der Waals surface area (Å²) in [6.45, 7) is 4.27. The molecule has 0 radical (unpaired) electrons. The Kier molecular flexibility index (Phi) is 5.43. The lowest BCUT2D eigenvalue weighted by molar-refractivity contribution is -0.133. The minimum absolute atomic E-state index is 0.0516. The molecule has 1 unspecified atom stereocenters. The van der Waals surface area contributed by atoms with Gasteiger partial charge in [-0.2, -0.15) is 0 Å². The molecule has 130 valence electrons. The van der Waals surface area contributed by atoms with Crippen LogP contribution in [0.25, 0.3) is 0 Å². The summed E-state index contributed by atoms with van der Waals surface area (Å²) in [7, 11) is 0.0685. The monoisotopic (exact) mass is 343 g/mol. The molecule has 1 fully saturated rings. The van der Waals surface area contributed by atoms with Crippen LogP contribution >= 0.6 is 0 Å². The van der Waals surface area contributed by atoms with Crippen molar-refractivity contribution < 1.29 is 13.2 Å². The Morgan fingerprint density at radius 1 is 1.39 bits per heavy atom. The summed E-state index contributed by atoms with van der Waals surface area (Å²) in [5, 5.41) is 0. The van der Waals surface area contributed by atoms with Gasteiger partial charge in [-0.3, -0.25) is 9.69 Å². The van der Waals surface area contributed by atoms with E-state index in [4.69, 9.17) is 0 Å². The van der Waals surface area contributed by atoms with Crippen LogP contribution in [-0.2, 0) is 21.4 Å². The molecule has 1 atom stereocenters. The molecule has 1 aliphatic rings. The lowest BCUT2D eigenvalue weighted by Crippen LogP contribution is -2.41. The molecule has 23 heavy (non-hydrogen) atoms. The molecule has 0 aliphatic carbocycles. The number of carbonyl (C=O) groups is 1. The molecule has 1 aromatic rings. The maximum atomic E-state index is 12.4. The number of hydrogen-bond donors (Lipinski definition) is 1. The van der Waals surface area contributed by atoms with E-state index in [0.29, 0.717) is 26.2 Å². The van der Waals surface area contributed by atoms with Crippen LogP contribution in [0.3, 0.4) is 0 Å². The number of aryl methyl sites for hydroxylation is 1. The summed E-state index contributed by atoms with van der Waals surface area (Å²) in [5.74, 6) is -0.425. The van der Waals surface area contributed by atoms with Gasteiger partial charge in [0.05, 0.1) is 24.2 Å². The molecule has 1 saturated heterocycles. The number of nitrogens with zero attached hydrogens (tertiary/aromatic N) is 4. The Balaban J connectivity index is 2.19. The summed E-state index contributed by atoms with van der Waals surface area (Å²) >= 11 is 0. The zero-order valence-corrected chi connectivity index (χ0v) is 14.9. The minimum atomic E-state index is -3.32. The van der Waals surface area contributed by atoms with Crippen LogP contribution in [0.4, 0.5) is 0 Å². The summed E-state index contributed by atoms with van der Waals surface area (Å²) in [6.07, 6.45) is 2.84. The second kappa shape index (κ2) is 6.98. The average molecular weight is 343 g/mol. The third-order valence-corrected chi connectivity index (χ3v) is 5.40. The second-order valence-corrected chi connectivity index (χ2v) is 8.24. The molecule has 1 aliphatic heterocycles. The number of H-pyrrole nitrogens is 1. The van der Waals surface area contributed by atoms with Crippen LogP contribution in [0.2, 0.25) is 0 Å². The number of hydrogen-bond acceptors (Lipinski definition) is 5. The minimum Gasteiger partial charge on any atom is -0.348 e. The molecule has 1 aromatic heterocycles. The van der Waals surface area contributed by atoms with Crippen LogP contribution in [0, 0.1) is 12.8 Å². The van der Waals surface area contributed by atoms with Crippen LogP contribution in [0.5, 0.6) is 0 Å². The zero-order valence-electron chi connectivity index (χ0n) is 14.1. The fourth-order valence-electron chi connectivity index (χ4n) is 2.78. The highest BCUT2D eigenvalue weighted by atomic mass is 32.2. The van der Waals surface area contributed by atoms with Crippen molar-refractivity contribution in [2.45, 2.75) is 13.5 Å². The van der Waals surface area contributed by atoms with Crippen LogP contribution in [0.1, 0.15) is 11.4 Å². The smallest absolute Gasteiger partial charge is 0.227 e. The van der Waals surface area contributed by atoms with E-state index in [9.17, 15) is 13.2 Å². The fourth-order valence-corrected chi connectivity index (χ4v) is 3.64. The molecule has 0 spiro atoms. The van der Waals surface area contributed by atoms with E-state index in [1.807, 2.05) is 6.92 Å². The number of carbonyl (C=O) groups excluding carboxylic acids is 1. The largest absolute Gasteiger partial charge is 0.348 e. The van der Waals surface area contributed by atoms with Crippen molar-refractivity contribution in [2.75, 3.05) is 46.5 Å². The van der Waals surface area contributed by atoms with Crippen molar-refractivity contribution in [1.82, 2.24) is 24.1 Å². The molecule has 8 nitrogen and oxygen atoms in total. The molecule has 0 aromatic carbocycles. The Morgan fingerprint density at radius 2 is 2.09 bits per heavy atom. The highest BCUT2D eigenvalue weighted by Gasteiger charge is 2.32. The predicted molar refractivity (Wildman–Crippen MR) is 87.2 cm³/mol. The fraction of sp³-hybridized carbons (Fsp3) is 0.714. The number of rotatable bonds is 4. The van der Waals surface area contributed by atoms with Crippen molar-refractivity contribution in [3.05, 3.63) is 17.7 Å². The van der Waals surface area contributed by atoms with Crippen molar-refractivity contribution in [3.8, 4) is 0 Å². The Hall–Kier alpha value is -1.45. The van der Waals surface area contributed by atoms with Crippen molar-refractivity contribution in [1.29, 1.82) is 0 Å². The summed E-state index contributed by atoms with van der Waals surface area (Å²) in [6, 6.07) is 0. The number of aromatic amines is 1. The van der Waals surface area contributed by atoms with E-state index in [1.54, 1.807) is 20.4 Å². The van der Waals surface area contributed by atoms with Gasteiger partial charge < -0.3 is 9.88 Å². The first kappa shape index (κ1) is 17.9. The van der Waals surface area contributed by atoms with E-state index in [2.05, 4.69) is 14.9 Å². The zero-order chi connectivity index (χ0) is 17.2. The molecule has 1 amide bonds. The van der Waals surface area contributed by atoms with Gasteiger partial charge in [0, 0.05) is 52.5 Å². The van der Waals surface area contributed by atoms with Gasteiger partial charge in [0.25, 0.3) is 0 Å². The van der Waals surface area contributed by atoms with Gasteiger partial charge in [-0.25, -0.2) is 17.7 Å². The third-order valence-electron chi connectivity index (χ3n) is 4.13. The SMILES string of the molecule is Cc1[nH]cnc1CN1CCN(S(C)(=O)=O)CC(C(=O)N(C)C)C1. The van der Waals surface area contributed by atoms with Crippen LogP contribution in [-0.4, -0.2) is 84.9 Å². The second-order valence-electron chi connectivity index (χ2n) is 6.26. The molecule has 0 bridgehead atoms. The lowest BCUT2D eigenvalue weighted by atomic mass is 10.1. The number of aromatic nitrogens is 2. The van der Waals surface area contributed by atoms with E-state index >= 15 is 0 Å². The van der Waals surface area contributed by atoms with Gasteiger partial charge >= 0.3 is 0 Å². The van der Waals surface area contributed by atoms with Crippen molar-refractivity contribution in [2.24, 2.45) is 5.92 Å². The lowest BCUT2D eigenvalue weighted by Gasteiger charge is -2.25. The molecule has 9 heteroatoms. The Labute approximate surface area is 137 Å². The summed E-state index contributed by atoms with van der Waals surface area (Å²) in [4.78, 5) is 23.3. The maximum absolute atomic E-state index is 12.4. The first-order valence-electron chi connectivity index (χ1n) is 7.56. The first-order chi connectivity index (χ1) is 10.7. The van der Waals surface area contributed by atoms with E-state index in [1.165, 1.54) is 15.5 Å². The molecular weight excluding hydrogens is 318 g/mol. The molecule has 2 rings (SSSR count). The van der Waals surface area contributed by atoms with E-state index < -0.39 is 10.0 Å². The quantitative estimate of drug-likeness (QED) is 0.796. The molecular formula is C14H25N5O3S. The van der Waals surface area contributed by atoms with E-state index in [-0.39, 0.29) is 18.4 Å². The molecule has 0 saturated carbocycles. The highest BCUT2D eigenvalue weighted by molar-refractivity contribution is 7.88. The van der Waals surface area contributed by atoms with Crippen LogP contribution < -0.4 is 0 Å². The van der Waals surface area contributed by atoms with Crippen molar-refractivity contribution in [3.63, 3.8) is 0 Å². The van der Waals surface area contributed by atoms with Gasteiger partial charge in [0.1, 0.15) is 0 Å². The summed E-state index contributed by atoms with van der Waals surface area (Å²) < 4.78 is 25.2. The van der Waals surface area contributed by atoms with Gasteiger partial charge in [0.2, 0.25) is 15.9 Å². The highest BCUT2D eigenvalue weighted by Crippen LogP contribution is 2.16. The van der Waals surface area contributed by atoms with Crippen molar-refractivity contribution >= 4 is 15.9 Å². The van der Waals surface area contributed by atoms with Gasteiger partial charge in [-0.05, 0) is 6.92 Å².